The molecule has 0 aliphatic carbocycles. The molecule has 0 atom stereocenters. The lowest BCUT2D eigenvalue weighted by Gasteiger charge is -2.07. The van der Waals surface area contributed by atoms with Crippen molar-refractivity contribution in [3.05, 3.63) is 69.6 Å². The van der Waals surface area contributed by atoms with Crippen molar-refractivity contribution in [2.24, 2.45) is 0 Å². The van der Waals surface area contributed by atoms with E-state index in [0.717, 1.165) is 9.15 Å². The van der Waals surface area contributed by atoms with Crippen molar-refractivity contribution in [3.63, 3.8) is 0 Å². The summed E-state index contributed by atoms with van der Waals surface area (Å²) in [6.45, 7) is -0.181. The number of furan rings is 1. The highest BCUT2D eigenvalue weighted by Gasteiger charge is 2.09. The minimum Gasteiger partial charge on any atom is -0.463 e. The van der Waals surface area contributed by atoms with Crippen LogP contribution in [0.5, 0.6) is 0 Å². The Morgan fingerprint density at radius 1 is 1.22 bits per heavy atom. The van der Waals surface area contributed by atoms with Gasteiger partial charge in [0.2, 0.25) is 5.91 Å². The Hall–Kier alpha value is -2.67. The summed E-state index contributed by atoms with van der Waals surface area (Å²) in [6, 6.07) is 13.6. The van der Waals surface area contributed by atoms with E-state index in [2.05, 4.69) is 26.3 Å². The second kappa shape index (κ2) is 6.62. The minimum absolute atomic E-state index is 0.181. The third-order valence-electron chi connectivity index (χ3n) is 3.04. The van der Waals surface area contributed by atoms with Crippen molar-refractivity contribution in [3.8, 4) is 11.5 Å². The average molecular weight is 374 g/mol. The topological polar surface area (TPSA) is 77.1 Å². The molecule has 2 aromatic heterocycles. The van der Waals surface area contributed by atoms with Crippen molar-refractivity contribution in [1.29, 1.82) is 0 Å². The highest BCUT2D eigenvalue weighted by molar-refractivity contribution is 9.10. The van der Waals surface area contributed by atoms with E-state index in [4.69, 9.17) is 4.42 Å². The van der Waals surface area contributed by atoms with Gasteiger partial charge in [0.1, 0.15) is 12.2 Å². The Morgan fingerprint density at radius 3 is 2.83 bits per heavy atom. The maximum absolute atomic E-state index is 12.1. The van der Waals surface area contributed by atoms with Gasteiger partial charge in [0.25, 0.3) is 5.56 Å². The molecule has 0 saturated heterocycles. The maximum atomic E-state index is 12.1. The van der Waals surface area contributed by atoms with E-state index in [1.54, 1.807) is 30.3 Å². The molecule has 0 unspecified atom stereocenters. The lowest BCUT2D eigenvalue weighted by molar-refractivity contribution is -0.117. The third kappa shape index (κ3) is 3.75. The predicted molar refractivity (Wildman–Crippen MR) is 89.0 cm³/mol. The zero-order valence-corrected chi connectivity index (χ0v) is 13.5. The number of rotatable bonds is 4. The first-order chi connectivity index (χ1) is 11.1. The first-order valence-corrected chi connectivity index (χ1v) is 7.58. The number of nitrogens with zero attached hydrogens (tertiary/aromatic N) is 2. The minimum atomic E-state index is -0.357. The fourth-order valence-electron chi connectivity index (χ4n) is 2.02. The summed E-state index contributed by atoms with van der Waals surface area (Å²) in [5, 5.41) is 6.87. The second-order valence-electron chi connectivity index (χ2n) is 4.75. The second-order valence-corrected chi connectivity index (χ2v) is 5.67. The van der Waals surface area contributed by atoms with Crippen LogP contribution in [0, 0.1) is 0 Å². The molecule has 116 valence electrons. The van der Waals surface area contributed by atoms with Crippen LogP contribution in [0.2, 0.25) is 0 Å². The van der Waals surface area contributed by atoms with E-state index >= 15 is 0 Å². The zero-order valence-electron chi connectivity index (χ0n) is 11.9. The molecule has 23 heavy (non-hydrogen) atoms. The highest BCUT2D eigenvalue weighted by atomic mass is 79.9. The molecule has 0 saturated carbocycles. The van der Waals surface area contributed by atoms with Gasteiger partial charge in [0, 0.05) is 16.2 Å². The van der Waals surface area contributed by atoms with Crippen molar-refractivity contribution in [1.82, 2.24) is 9.78 Å². The molecule has 3 aromatic rings. The molecule has 0 aliphatic rings. The molecule has 1 aromatic carbocycles. The highest BCUT2D eigenvalue weighted by Crippen LogP contribution is 2.16. The average Bonchev–Trinajstić information content (AvgIpc) is 3.04. The lowest BCUT2D eigenvalue weighted by atomic mass is 10.3. The van der Waals surface area contributed by atoms with Gasteiger partial charge in [0.15, 0.2) is 5.76 Å². The molecule has 0 fully saturated rings. The van der Waals surface area contributed by atoms with Gasteiger partial charge in [-0.15, -0.1) is 0 Å². The molecule has 1 N–H and O–H groups in total. The first-order valence-electron chi connectivity index (χ1n) is 6.79. The fraction of sp³-hybridized carbons (Fsp3) is 0.0625. The van der Waals surface area contributed by atoms with Crippen molar-refractivity contribution >= 4 is 27.5 Å². The molecule has 6 nitrogen and oxygen atoms in total. The van der Waals surface area contributed by atoms with Gasteiger partial charge in [-0.05, 0) is 36.4 Å². The molecular weight excluding hydrogens is 362 g/mol. The SMILES string of the molecule is O=C(Cn1nc(-c2ccco2)ccc1=O)Nc1cccc(Br)c1. The number of anilines is 1. The number of halogens is 1. The van der Waals surface area contributed by atoms with Crippen molar-refractivity contribution < 1.29 is 9.21 Å². The molecule has 0 bridgehead atoms. The number of carbonyl (C=O) groups is 1. The normalized spacial score (nSPS) is 10.5. The summed E-state index contributed by atoms with van der Waals surface area (Å²) >= 11 is 3.33. The quantitative estimate of drug-likeness (QED) is 0.762. The van der Waals surface area contributed by atoms with Crippen LogP contribution in [0.25, 0.3) is 11.5 Å². The van der Waals surface area contributed by atoms with Crippen LogP contribution in [-0.4, -0.2) is 15.7 Å². The van der Waals surface area contributed by atoms with Crippen LogP contribution in [0.15, 0.2) is 68.5 Å². The van der Waals surface area contributed by atoms with Crippen molar-refractivity contribution in [2.75, 3.05) is 5.32 Å². The van der Waals surface area contributed by atoms with Crippen molar-refractivity contribution in [2.45, 2.75) is 6.54 Å². The van der Waals surface area contributed by atoms with Gasteiger partial charge in [-0.3, -0.25) is 9.59 Å². The molecule has 0 aliphatic heterocycles. The summed E-state index contributed by atoms with van der Waals surface area (Å²) in [5.41, 5.74) is 0.772. The maximum Gasteiger partial charge on any atom is 0.267 e. The molecule has 1 amide bonds. The van der Waals surface area contributed by atoms with Crippen LogP contribution in [0.3, 0.4) is 0 Å². The zero-order chi connectivity index (χ0) is 16.2. The Morgan fingerprint density at radius 2 is 2.09 bits per heavy atom. The number of amides is 1. The number of benzene rings is 1. The Labute approximate surface area is 139 Å². The third-order valence-corrected chi connectivity index (χ3v) is 3.54. The van der Waals surface area contributed by atoms with Gasteiger partial charge >= 0.3 is 0 Å². The lowest BCUT2D eigenvalue weighted by Crippen LogP contribution is -2.29. The Balaban J connectivity index is 1.78. The molecule has 2 heterocycles. The molecule has 0 radical (unpaired) electrons. The van der Waals surface area contributed by atoms with E-state index < -0.39 is 0 Å². The van der Waals surface area contributed by atoms with Gasteiger partial charge in [-0.2, -0.15) is 5.10 Å². The van der Waals surface area contributed by atoms with Crippen LogP contribution < -0.4 is 10.9 Å². The van der Waals surface area contributed by atoms with E-state index in [1.807, 2.05) is 12.1 Å². The summed E-state index contributed by atoms with van der Waals surface area (Å²) < 4.78 is 7.20. The van der Waals surface area contributed by atoms with Gasteiger partial charge in [-0.1, -0.05) is 22.0 Å². The number of hydrogen-bond acceptors (Lipinski definition) is 4. The molecule has 0 spiro atoms. The molecular formula is C16H12BrN3O3. The number of carbonyl (C=O) groups excluding carboxylic acids is 1. The largest absolute Gasteiger partial charge is 0.463 e. The molecule has 3 rings (SSSR count). The van der Waals surface area contributed by atoms with E-state index in [-0.39, 0.29) is 18.0 Å². The Bertz CT molecular complexity index is 888. The van der Waals surface area contributed by atoms with Gasteiger partial charge < -0.3 is 9.73 Å². The first kappa shape index (κ1) is 15.2. The standard InChI is InChI=1S/C16H12BrN3O3/c17-11-3-1-4-12(9-11)18-15(21)10-20-16(22)7-6-13(19-20)14-5-2-8-23-14/h1-9H,10H2,(H,18,21). The van der Waals surface area contributed by atoms with Gasteiger partial charge in [-0.25, -0.2) is 4.68 Å². The van der Waals surface area contributed by atoms with Crippen LogP contribution >= 0.6 is 15.9 Å². The van der Waals surface area contributed by atoms with Crippen LogP contribution in [-0.2, 0) is 11.3 Å². The Kier molecular flexibility index (Phi) is 4.38. The monoisotopic (exact) mass is 373 g/mol. The fourth-order valence-corrected chi connectivity index (χ4v) is 2.42. The summed E-state index contributed by atoms with van der Waals surface area (Å²) in [4.78, 5) is 24.0. The van der Waals surface area contributed by atoms with Gasteiger partial charge in [0.05, 0.1) is 6.26 Å². The number of hydrogen-bond donors (Lipinski definition) is 1. The van der Waals surface area contributed by atoms with Crippen LogP contribution in [0.1, 0.15) is 0 Å². The summed E-state index contributed by atoms with van der Waals surface area (Å²) in [5.74, 6) is 0.195. The van der Waals surface area contributed by atoms with E-state index in [9.17, 15) is 9.59 Å². The van der Waals surface area contributed by atoms with E-state index in [1.165, 1.54) is 12.3 Å². The number of aromatic nitrogens is 2. The van der Waals surface area contributed by atoms with Crippen LogP contribution in [0.4, 0.5) is 5.69 Å². The molecule has 7 heteroatoms. The smallest absolute Gasteiger partial charge is 0.267 e. The summed E-state index contributed by atoms with van der Waals surface area (Å²) in [7, 11) is 0. The van der Waals surface area contributed by atoms with E-state index in [0.29, 0.717) is 17.1 Å². The predicted octanol–water partition coefficient (Wildman–Crippen LogP) is 2.90. The number of nitrogens with one attached hydrogen (secondary N) is 1. The summed E-state index contributed by atoms with van der Waals surface area (Å²) in [6.07, 6.45) is 1.52.